The number of aromatic nitrogens is 1. The van der Waals surface area contributed by atoms with Gasteiger partial charge in [-0.05, 0) is 54.8 Å². The lowest BCUT2D eigenvalue weighted by Crippen LogP contribution is -2.44. The van der Waals surface area contributed by atoms with Crippen molar-refractivity contribution >= 4 is 17.5 Å². The Morgan fingerprint density at radius 1 is 1.00 bits per heavy atom. The van der Waals surface area contributed by atoms with Crippen LogP contribution in [-0.4, -0.2) is 86.1 Å². The molecule has 0 spiro atoms. The second-order valence-corrected chi connectivity index (χ2v) is 11.6. The van der Waals surface area contributed by atoms with Crippen LogP contribution >= 0.6 is 0 Å². The number of amides is 2. The molecule has 0 atom stereocenters. The Hall–Kier alpha value is -4.62. The minimum absolute atomic E-state index is 0.00742. The maximum absolute atomic E-state index is 13.2. The van der Waals surface area contributed by atoms with Crippen molar-refractivity contribution in [2.75, 3.05) is 52.3 Å². The summed E-state index contributed by atoms with van der Waals surface area (Å²) in [5.41, 5.74) is 3.57. The van der Waals surface area contributed by atoms with Crippen LogP contribution in [0.5, 0.6) is 11.5 Å². The van der Waals surface area contributed by atoms with Crippen molar-refractivity contribution in [2.24, 2.45) is 0 Å². The summed E-state index contributed by atoms with van der Waals surface area (Å²) in [6.07, 6.45) is 4.66. The van der Waals surface area contributed by atoms with E-state index in [1.165, 1.54) is 11.8 Å². The Morgan fingerprint density at radius 2 is 1.73 bits per heavy atom. The standard InChI is InChI=1S/C34H40N6O4/c1-38(2)31-20-29(43-3)9-11-32(31)44-28-14-18-40(19-15-28)34(42)30-10-8-26(22-36-30)33(41)37-27-12-16-39(17-13-27)23-25-6-4-24(21-35)5-7-25/h4-11,20,22,27-28H,12-19,23H2,1-3H3,(H,37,41). The zero-order valence-corrected chi connectivity index (χ0v) is 25.7. The van der Waals surface area contributed by atoms with Gasteiger partial charge in [-0.25, -0.2) is 0 Å². The number of carbonyl (C=O) groups is 2. The van der Waals surface area contributed by atoms with Crippen LogP contribution in [0.1, 0.15) is 57.7 Å². The number of nitrogens with one attached hydrogen (secondary N) is 1. The van der Waals surface area contributed by atoms with E-state index in [1.807, 2.05) is 61.5 Å². The summed E-state index contributed by atoms with van der Waals surface area (Å²) in [7, 11) is 5.58. The average Bonchev–Trinajstić information content (AvgIpc) is 3.06. The summed E-state index contributed by atoms with van der Waals surface area (Å²) in [6, 6.07) is 19.0. The number of nitrogens with zero attached hydrogens (tertiary/aromatic N) is 5. The van der Waals surface area contributed by atoms with Crippen molar-refractivity contribution in [2.45, 2.75) is 44.4 Å². The highest BCUT2D eigenvalue weighted by atomic mass is 16.5. The first-order valence-electron chi connectivity index (χ1n) is 15.1. The quantitative estimate of drug-likeness (QED) is 0.393. The van der Waals surface area contributed by atoms with E-state index in [0.29, 0.717) is 29.9 Å². The molecule has 2 fully saturated rings. The van der Waals surface area contributed by atoms with Gasteiger partial charge in [0.15, 0.2) is 0 Å². The van der Waals surface area contributed by atoms with E-state index in [0.717, 1.165) is 62.5 Å². The monoisotopic (exact) mass is 596 g/mol. The van der Waals surface area contributed by atoms with Gasteiger partial charge in [-0.1, -0.05) is 12.1 Å². The molecule has 0 radical (unpaired) electrons. The molecule has 3 heterocycles. The molecule has 1 N–H and O–H groups in total. The molecule has 2 aliphatic heterocycles. The van der Waals surface area contributed by atoms with Gasteiger partial charge in [0.05, 0.1) is 30.0 Å². The first-order chi connectivity index (χ1) is 21.3. The van der Waals surface area contributed by atoms with Gasteiger partial charge in [0.25, 0.3) is 11.8 Å². The molecule has 10 nitrogen and oxygen atoms in total. The molecule has 2 aliphatic rings. The predicted molar refractivity (Wildman–Crippen MR) is 168 cm³/mol. The molecule has 3 aromatic rings. The number of piperidine rings is 2. The van der Waals surface area contributed by atoms with Gasteiger partial charge in [0.1, 0.15) is 23.3 Å². The second-order valence-electron chi connectivity index (χ2n) is 11.6. The fraction of sp³-hybridized carbons (Fsp3) is 0.412. The van der Waals surface area contributed by atoms with Gasteiger partial charge in [-0.3, -0.25) is 19.5 Å². The Kier molecular flexibility index (Phi) is 9.97. The maximum Gasteiger partial charge on any atom is 0.272 e. The van der Waals surface area contributed by atoms with E-state index in [-0.39, 0.29) is 24.0 Å². The molecule has 1 aromatic heterocycles. The van der Waals surface area contributed by atoms with Crippen molar-refractivity contribution in [3.63, 3.8) is 0 Å². The van der Waals surface area contributed by atoms with E-state index in [4.69, 9.17) is 14.7 Å². The molecule has 2 amide bonds. The number of hydrogen-bond acceptors (Lipinski definition) is 8. The summed E-state index contributed by atoms with van der Waals surface area (Å²) >= 11 is 0. The maximum atomic E-state index is 13.2. The summed E-state index contributed by atoms with van der Waals surface area (Å²) in [4.78, 5) is 36.6. The van der Waals surface area contributed by atoms with Crippen LogP contribution in [0.25, 0.3) is 0 Å². The number of methoxy groups -OCH3 is 1. The van der Waals surface area contributed by atoms with Crippen LogP contribution in [0.3, 0.4) is 0 Å². The minimum Gasteiger partial charge on any atom is -0.497 e. The van der Waals surface area contributed by atoms with Crippen LogP contribution in [0.4, 0.5) is 5.69 Å². The molecule has 0 saturated carbocycles. The van der Waals surface area contributed by atoms with Gasteiger partial charge in [-0.2, -0.15) is 5.26 Å². The first kappa shape index (κ1) is 30.8. The fourth-order valence-corrected chi connectivity index (χ4v) is 5.69. The van der Waals surface area contributed by atoms with Crippen LogP contribution in [-0.2, 0) is 6.54 Å². The number of nitriles is 1. The van der Waals surface area contributed by atoms with Gasteiger partial charge in [0, 0.05) is 78.0 Å². The number of likely N-dealkylation sites (tertiary alicyclic amines) is 2. The SMILES string of the molecule is COc1ccc(OC2CCN(C(=O)c3ccc(C(=O)NC4CCN(Cc5ccc(C#N)cc5)CC4)cn3)CC2)c(N(C)C)c1. The van der Waals surface area contributed by atoms with Crippen molar-refractivity contribution in [3.8, 4) is 17.6 Å². The predicted octanol–water partition coefficient (Wildman–Crippen LogP) is 4.11. The van der Waals surface area contributed by atoms with E-state index < -0.39 is 0 Å². The number of benzene rings is 2. The normalized spacial score (nSPS) is 16.2. The van der Waals surface area contributed by atoms with E-state index >= 15 is 0 Å². The number of rotatable bonds is 9. The fourth-order valence-electron chi connectivity index (χ4n) is 5.69. The van der Waals surface area contributed by atoms with Gasteiger partial charge < -0.3 is 24.6 Å². The molecule has 0 unspecified atom stereocenters. The zero-order chi connectivity index (χ0) is 31.1. The lowest BCUT2D eigenvalue weighted by atomic mass is 10.0. The molecular weight excluding hydrogens is 556 g/mol. The van der Waals surface area contributed by atoms with E-state index in [2.05, 4.69) is 21.3 Å². The van der Waals surface area contributed by atoms with Crippen molar-refractivity contribution in [1.29, 1.82) is 5.26 Å². The largest absolute Gasteiger partial charge is 0.497 e. The first-order valence-corrected chi connectivity index (χ1v) is 15.1. The smallest absolute Gasteiger partial charge is 0.272 e. The van der Waals surface area contributed by atoms with Gasteiger partial charge in [0.2, 0.25) is 0 Å². The van der Waals surface area contributed by atoms with Crippen molar-refractivity contribution in [3.05, 3.63) is 83.2 Å². The molecular formula is C34H40N6O4. The molecule has 0 aliphatic carbocycles. The van der Waals surface area contributed by atoms with Crippen LogP contribution in [0.15, 0.2) is 60.8 Å². The Labute approximate surface area is 259 Å². The second kappa shape index (κ2) is 14.2. The van der Waals surface area contributed by atoms with Crippen LogP contribution in [0.2, 0.25) is 0 Å². The molecule has 2 aromatic carbocycles. The number of ether oxygens (including phenoxy) is 2. The van der Waals surface area contributed by atoms with E-state index in [9.17, 15) is 9.59 Å². The van der Waals surface area contributed by atoms with Gasteiger partial charge in [-0.15, -0.1) is 0 Å². The van der Waals surface area contributed by atoms with E-state index in [1.54, 1.807) is 24.1 Å². The third-order valence-corrected chi connectivity index (χ3v) is 8.33. The topological polar surface area (TPSA) is 111 Å². The minimum atomic E-state index is -0.171. The molecule has 230 valence electrons. The molecule has 0 bridgehead atoms. The number of pyridine rings is 1. The number of anilines is 1. The lowest BCUT2D eigenvalue weighted by molar-refractivity contribution is 0.0590. The van der Waals surface area contributed by atoms with Crippen LogP contribution in [0, 0.1) is 11.3 Å². The van der Waals surface area contributed by atoms with Crippen molar-refractivity contribution in [1.82, 2.24) is 20.1 Å². The summed E-state index contributed by atoms with van der Waals surface area (Å²) in [5.74, 6) is 1.26. The highest BCUT2D eigenvalue weighted by Crippen LogP contribution is 2.33. The summed E-state index contributed by atoms with van der Waals surface area (Å²) in [6.45, 7) is 3.75. The lowest BCUT2D eigenvalue weighted by Gasteiger charge is -2.33. The van der Waals surface area contributed by atoms with Gasteiger partial charge >= 0.3 is 0 Å². The molecule has 10 heteroatoms. The Balaban J connectivity index is 1.07. The zero-order valence-electron chi connectivity index (χ0n) is 25.7. The van der Waals surface area contributed by atoms with Crippen molar-refractivity contribution < 1.29 is 19.1 Å². The number of carbonyl (C=O) groups excluding carboxylic acids is 2. The highest BCUT2D eigenvalue weighted by Gasteiger charge is 2.27. The summed E-state index contributed by atoms with van der Waals surface area (Å²) < 4.78 is 11.7. The molecule has 5 rings (SSSR count). The Morgan fingerprint density at radius 3 is 2.34 bits per heavy atom. The highest BCUT2D eigenvalue weighted by molar-refractivity contribution is 5.96. The summed E-state index contributed by atoms with van der Waals surface area (Å²) in [5, 5.41) is 12.1. The molecule has 44 heavy (non-hydrogen) atoms. The van der Waals surface area contributed by atoms with Crippen LogP contribution < -0.4 is 19.7 Å². The number of hydrogen-bond donors (Lipinski definition) is 1. The Bertz CT molecular complexity index is 1470. The third kappa shape index (κ3) is 7.66. The average molecular weight is 597 g/mol. The molecule has 2 saturated heterocycles. The third-order valence-electron chi connectivity index (χ3n) is 8.33.